The van der Waals surface area contributed by atoms with Gasteiger partial charge in [-0.1, -0.05) is 18.2 Å². The Labute approximate surface area is 128 Å². The first-order chi connectivity index (χ1) is 10.8. The van der Waals surface area contributed by atoms with E-state index in [4.69, 9.17) is 13.9 Å². The summed E-state index contributed by atoms with van der Waals surface area (Å²) in [7, 11) is 1.69. The van der Waals surface area contributed by atoms with E-state index in [0.29, 0.717) is 18.1 Å². The van der Waals surface area contributed by atoms with Crippen LogP contribution in [0.1, 0.15) is 16.8 Å². The van der Waals surface area contributed by atoms with E-state index in [2.05, 4.69) is 5.32 Å². The van der Waals surface area contributed by atoms with Crippen molar-refractivity contribution in [1.82, 2.24) is 5.32 Å². The molecule has 1 aromatic carbocycles. The highest BCUT2D eigenvalue weighted by Gasteiger charge is 2.54. The Morgan fingerprint density at radius 1 is 1.41 bits per heavy atom. The van der Waals surface area contributed by atoms with Crippen LogP contribution in [-0.4, -0.2) is 38.4 Å². The van der Waals surface area contributed by atoms with Gasteiger partial charge in [0.25, 0.3) is 5.91 Å². The van der Waals surface area contributed by atoms with Gasteiger partial charge in [-0.05, 0) is 12.5 Å². The highest BCUT2D eigenvalue weighted by molar-refractivity contribution is 6.06. The van der Waals surface area contributed by atoms with E-state index in [9.17, 15) is 4.79 Å². The number of benzene rings is 1. The van der Waals surface area contributed by atoms with E-state index in [1.165, 1.54) is 6.26 Å². The van der Waals surface area contributed by atoms with Crippen LogP contribution in [0, 0.1) is 11.8 Å². The summed E-state index contributed by atoms with van der Waals surface area (Å²) in [6.45, 7) is 1.38. The van der Waals surface area contributed by atoms with Crippen molar-refractivity contribution in [3.05, 3.63) is 36.1 Å². The number of fused-ring (bicyclic) bond motifs is 2. The fraction of sp³-hybridized carbons (Fsp3) is 0.471. The van der Waals surface area contributed by atoms with E-state index in [0.717, 1.165) is 24.0 Å². The largest absolute Gasteiger partial charge is 0.463 e. The number of carbonyl (C=O) groups excluding carboxylic acids is 1. The molecule has 4 rings (SSSR count). The fourth-order valence-corrected chi connectivity index (χ4v) is 3.82. The lowest BCUT2D eigenvalue weighted by Gasteiger charge is -2.47. The Bertz CT molecular complexity index is 695. The van der Waals surface area contributed by atoms with Gasteiger partial charge in [-0.15, -0.1) is 0 Å². The second-order valence-electron chi connectivity index (χ2n) is 6.05. The van der Waals surface area contributed by atoms with Gasteiger partial charge >= 0.3 is 0 Å². The zero-order valence-corrected chi connectivity index (χ0v) is 12.5. The van der Waals surface area contributed by atoms with Crippen LogP contribution in [0.2, 0.25) is 0 Å². The van der Waals surface area contributed by atoms with Gasteiger partial charge in [-0.3, -0.25) is 4.79 Å². The Hall–Kier alpha value is -1.85. The predicted molar refractivity (Wildman–Crippen MR) is 80.7 cm³/mol. The number of para-hydroxylation sites is 1. The van der Waals surface area contributed by atoms with Crippen molar-refractivity contribution in [3.8, 4) is 0 Å². The number of ether oxygens (including phenoxy) is 2. The van der Waals surface area contributed by atoms with E-state index in [-0.39, 0.29) is 24.0 Å². The van der Waals surface area contributed by atoms with Crippen LogP contribution < -0.4 is 5.32 Å². The highest BCUT2D eigenvalue weighted by Crippen LogP contribution is 2.43. The van der Waals surface area contributed by atoms with E-state index in [1.807, 2.05) is 24.3 Å². The minimum atomic E-state index is -0.0820. The van der Waals surface area contributed by atoms with Crippen molar-refractivity contribution in [2.45, 2.75) is 18.6 Å². The molecule has 4 atom stereocenters. The quantitative estimate of drug-likeness (QED) is 0.940. The summed E-state index contributed by atoms with van der Waals surface area (Å²) < 4.78 is 16.5. The molecule has 2 aliphatic rings. The molecule has 2 heterocycles. The normalized spacial score (nSPS) is 30.0. The first kappa shape index (κ1) is 13.8. The van der Waals surface area contributed by atoms with Crippen LogP contribution in [0.4, 0.5) is 0 Å². The van der Waals surface area contributed by atoms with Crippen molar-refractivity contribution >= 4 is 16.9 Å². The number of carbonyl (C=O) groups is 1. The summed E-state index contributed by atoms with van der Waals surface area (Å²) in [5.74, 6) is 0.559. The van der Waals surface area contributed by atoms with Crippen molar-refractivity contribution in [3.63, 3.8) is 0 Å². The molecule has 5 nitrogen and oxygen atoms in total. The summed E-state index contributed by atoms with van der Waals surface area (Å²) in [5, 5.41) is 4.01. The Kier molecular flexibility index (Phi) is 3.39. The molecule has 0 unspecified atom stereocenters. The van der Waals surface area contributed by atoms with Crippen molar-refractivity contribution in [1.29, 1.82) is 0 Å². The number of hydrogen-bond donors (Lipinski definition) is 1. The molecule has 1 aliphatic heterocycles. The number of nitrogens with one attached hydrogen (secondary N) is 1. The maximum Gasteiger partial charge on any atom is 0.255 e. The average molecular weight is 301 g/mol. The smallest absolute Gasteiger partial charge is 0.255 e. The van der Waals surface area contributed by atoms with Crippen molar-refractivity contribution in [2.75, 3.05) is 20.3 Å². The molecule has 1 amide bonds. The maximum atomic E-state index is 12.6. The first-order valence-corrected chi connectivity index (χ1v) is 7.67. The molecule has 2 aromatic rings. The van der Waals surface area contributed by atoms with Gasteiger partial charge in [0, 0.05) is 37.0 Å². The molecule has 0 radical (unpaired) electrons. The minimum absolute atomic E-state index is 0.0820. The predicted octanol–water partition coefficient (Wildman–Crippen LogP) is 2.21. The Morgan fingerprint density at radius 3 is 3.14 bits per heavy atom. The van der Waals surface area contributed by atoms with Gasteiger partial charge in [0.1, 0.15) is 11.8 Å². The molecule has 1 aliphatic carbocycles. The Morgan fingerprint density at radius 2 is 2.27 bits per heavy atom. The summed E-state index contributed by atoms with van der Waals surface area (Å²) in [6, 6.07) is 7.70. The fourth-order valence-electron chi connectivity index (χ4n) is 3.82. The standard InChI is InChI=1S/C17H19NO4/c1-20-8-13-15(11-6-7-21-16(11)13)18-17(19)12-9-22-14-5-3-2-4-10(12)14/h2-5,9,11,13,15-16H,6-8H2,1H3,(H,18,19)/t11-,13+,15+,16-/m0/s1. The lowest BCUT2D eigenvalue weighted by Crippen LogP contribution is -2.62. The molecule has 1 saturated carbocycles. The highest BCUT2D eigenvalue weighted by atomic mass is 16.5. The number of hydrogen-bond acceptors (Lipinski definition) is 4. The topological polar surface area (TPSA) is 60.7 Å². The van der Waals surface area contributed by atoms with E-state index < -0.39 is 0 Å². The van der Waals surface area contributed by atoms with Gasteiger partial charge in [0.2, 0.25) is 0 Å². The monoisotopic (exact) mass is 301 g/mol. The van der Waals surface area contributed by atoms with Gasteiger partial charge in [-0.25, -0.2) is 0 Å². The molecule has 5 heteroatoms. The van der Waals surface area contributed by atoms with E-state index in [1.54, 1.807) is 7.11 Å². The van der Waals surface area contributed by atoms with E-state index >= 15 is 0 Å². The molecule has 0 bridgehead atoms. The molecule has 22 heavy (non-hydrogen) atoms. The third-order valence-corrected chi connectivity index (χ3v) is 4.91. The van der Waals surface area contributed by atoms with Crippen LogP contribution in [-0.2, 0) is 9.47 Å². The molecule has 1 aromatic heterocycles. The van der Waals surface area contributed by atoms with Crippen LogP contribution in [0.15, 0.2) is 34.9 Å². The second-order valence-corrected chi connectivity index (χ2v) is 6.05. The molecule has 2 fully saturated rings. The third kappa shape index (κ3) is 2.04. The number of rotatable bonds is 4. The second kappa shape index (κ2) is 5.41. The molecule has 1 saturated heterocycles. The summed E-state index contributed by atoms with van der Waals surface area (Å²) in [5.41, 5.74) is 1.32. The molecule has 1 N–H and O–H groups in total. The van der Waals surface area contributed by atoms with Crippen LogP contribution in [0.25, 0.3) is 11.0 Å². The van der Waals surface area contributed by atoms with Gasteiger partial charge in [-0.2, -0.15) is 0 Å². The minimum Gasteiger partial charge on any atom is -0.463 e. The summed E-state index contributed by atoms with van der Waals surface area (Å²) >= 11 is 0. The maximum absolute atomic E-state index is 12.6. The molecular weight excluding hydrogens is 282 g/mol. The van der Waals surface area contributed by atoms with Crippen LogP contribution in [0.3, 0.4) is 0 Å². The van der Waals surface area contributed by atoms with Crippen LogP contribution in [0.5, 0.6) is 0 Å². The van der Waals surface area contributed by atoms with Gasteiger partial charge in [0.05, 0.1) is 18.3 Å². The first-order valence-electron chi connectivity index (χ1n) is 7.67. The summed E-state index contributed by atoms with van der Waals surface area (Å²) in [4.78, 5) is 12.6. The molecule has 116 valence electrons. The third-order valence-electron chi connectivity index (χ3n) is 4.91. The number of amides is 1. The summed E-state index contributed by atoms with van der Waals surface area (Å²) in [6.07, 6.45) is 2.76. The zero-order valence-electron chi connectivity index (χ0n) is 12.5. The van der Waals surface area contributed by atoms with Gasteiger partial charge in [0.15, 0.2) is 0 Å². The Balaban J connectivity index is 1.54. The average Bonchev–Trinajstić information content (AvgIpc) is 3.15. The number of methoxy groups -OCH3 is 1. The lowest BCUT2D eigenvalue weighted by molar-refractivity contribution is -0.0809. The lowest BCUT2D eigenvalue weighted by atomic mass is 9.67. The zero-order chi connectivity index (χ0) is 15.1. The van der Waals surface area contributed by atoms with Crippen molar-refractivity contribution in [2.24, 2.45) is 11.8 Å². The van der Waals surface area contributed by atoms with Crippen molar-refractivity contribution < 1.29 is 18.7 Å². The SMILES string of the molecule is COC[C@@H]1[C@H](NC(=O)c2coc3ccccc23)[C@@H]2CCO[C@H]12. The van der Waals surface area contributed by atoms with Crippen LogP contribution >= 0.6 is 0 Å². The molecular formula is C17H19NO4. The van der Waals surface area contributed by atoms with Gasteiger partial charge < -0.3 is 19.2 Å². The molecule has 0 spiro atoms. The number of furan rings is 1.